The van der Waals surface area contributed by atoms with Crippen LogP contribution in [0.4, 0.5) is 0 Å². The number of piperidine rings is 1. The number of nitrogens with zero attached hydrogens (tertiary/aromatic N) is 1. The third-order valence-corrected chi connectivity index (χ3v) is 5.07. The predicted octanol–water partition coefficient (Wildman–Crippen LogP) is 5.30. The summed E-state index contributed by atoms with van der Waals surface area (Å²) >= 11 is 0. The third-order valence-electron chi connectivity index (χ3n) is 5.07. The maximum atomic E-state index is 2.82. The van der Waals surface area contributed by atoms with Gasteiger partial charge in [-0.05, 0) is 57.1 Å². The molecule has 1 aromatic rings. The van der Waals surface area contributed by atoms with Gasteiger partial charge in [-0.3, -0.25) is 4.90 Å². The Kier molecular flexibility index (Phi) is 6.76. The van der Waals surface area contributed by atoms with E-state index in [4.69, 9.17) is 0 Å². The van der Waals surface area contributed by atoms with Crippen LogP contribution >= 0.6 is 0 Å². The van der Waals surface area contributed by atoms with Gasteiger partial charge in [-0.25, -0.2) is 0 Å². The minimum Gasteiger partial charge on any atom is -0.298 e. The summed E-state index contributed by atoms with van der Waals surface area (Å²) in [7, 11) is 0. The lowest BCUT2D eigenvalue weighted by Gasteiger charge is -2.43. The zero-order valence-corrected chi connectivity index (χ0v) is 14.2. The van der Waals surface area contributed by atoms with Crippen LogP contribution in [0.2, 0.25) is 0 Å². The first-order valence-corrected chi connectivity index (χ1v) is 9.00. The van der Waals surface area contributed by atoms with Crippen molar-refractivity contribution in [2.75, 3.05) is 6.54 Å². The quantitative estimate of drug-likeness (QED) is 0.658. The van der Waals surface area contributed by atoms with Crippen LogP contribution in [0.25, 0.3) is 0 Å². The van der Waals surface area contributed by atoms with Gasteiger partial charge in [0.05, 0.1) is 0 Å². The Bertz CT molecular complexity index is 386. The zero-order chi connectivity index (χ0) is 15.1. The van der Waals surface area contributed by atoms with E-state index in [1.54, 1.807) is 0 Å². The molecule has 1 aliphatic heterocycles. The van der Waals surface area contributed by atoms with Gasteiger partial charge in [0.1, 0.15) is 0 Å². The Morgan fingerprint density at radius 3 is 2.52 bits per heavy atom. The van der Waals surface area contributed by atoms with Gasteiger partial charge in [0.2, 0.25) is 0 Å². The maximum Gasteiger partial charge on any atom is 0.0101 e. The van der Waals surface area contributed by atoms with Crippen molar-refractivity contribution in [1.29, 1.82) is 0 Å². The van der Waals surface area contributed by atoms with Gasteiger partial charge in [-0.1, -0.05) is 57.0 Å². The lowest BCUT2D eigenvalue weighted by Crippen LogP contribution is -2.48. The predicted molar refractivity (Wildman–Crippen MR) is 92.6 cm³/mol. The monoisotopic (exact) mass is 287 g/mol. The molecule has 0 aromatic heterocycles. The molecule has 1 saturated heterocycles. The Morgan fingerprint density at radius 2 is 1.81 bits per heavy atom. The minimum atomic E-state index is 0.770. The summed E-state index contributed by atoms with van der Waals surface area (Å²) in [6.07, 6.45) is 9.43. The highest BCUT2D eigenvalue weighted by molar-refractivity contribution is 5.14. The minimum absolute atomic E-state index is 0.770. The van der Waals surface area contributed by atoms with Gasteiger partial charge < -0.3 is 0 Å². The van der Waals surface area contributed by atoms with Crippen LogP contribution in [0.3, 0.4) is 0 Å². The SMILES string of the molecule is CCCCC1CC(C)CC(C)N1CCCc1ccccc1. The van der Waals surface area contributed by atoms with E-state index in [0.29, 0.717) is 0 Å². The molecule has 0 aliphatic carbocycles. The summed E-state index contributed by atoms with van der Waals surface area (Å²) in [5, 5.41) is 0. The largest absolute Gasteiger partial charge is 0.298 e. The third kappa shape index (κ3) is 5.14. The van der Waals surface area contributed by atoms with E-state index in [9.17, 15) is 0 Å². The van der Waals surface area contributed by atoms with Gasteiger partial charge in [0, 0.05) is 12.1 Å². The summed E-state index contributed by atoms with van der Waals surface area (Å²) in [4.78, 5) is 2.82. The lowest BCUT2D eigenvalue weighted by atomic mass is 9.85. The fourth-order valence-corrected chi connectivity index (χ4v) is 4.01. The van der Waals surface area contributed by atoms with E-state index in [2.05, 4.69) is 56.0 Å². The maximum absolute atomic E-state index is 2.82. The molecule has 2 rings (SSSR count). The smallest absolute Gasteiger partial charge is 0.0101 e. The lowest BCUT2D eigenvalue weighted by molar-refractivity contribution is 0.0585. The van der Waals surface area contributed by atoms with Crippen molar-refractivity contribution in [2.24, 2.45) is 5.92 Å². The number of hydrogen-bond acceptors (Lipinski definition) is 1. The molecule has 1 heteroatoms. The molecule has 0 N–H and O–H groups in total. The fourth-order valence-electron chi connectivity index (χ4n) is 4.01. The number of hydrogen-bond donors (Lipinski definition) is 0. The van der Waals surface area contributed by atoms with E-state index in [-0.39, 0.29) is 0 Å². The molecule has 1 aliphatic rings. The highest BCUT2D eigenvalue weighted by atomic mass is 15.2. The Hall–Kier alpha value is -0.820. The van der Waals surface area contributed by atoms with Crippen molar-refractivity contribution < 1.29 is 0 Å². The van der Waals surface area contributed by atoms with Gasteiger partial charge in [-0.15, -0.1) is 0 Å². The second kappa shape index (κ2) is 8.58. The summed E-state index contributed by atoms with van der Waals surface area (Å²) < 4.78 is 0. The van der Waals surface area contributed by atoms with Crippen LogP contribution in [0.15, 0.2) is 30.3 Å². The second-order valence-electron chi connectivity index (χ2n) is 7.05. The fraction of sp³-hybridized carbons (Fsp3) is 0.700. The highest BCUT2D eigenvalue weighted by Gasteiger charge is 2.30. The van der Waals surface area contributed by atoms with Crippen LogP contribution in [0.5, 0.6) is 0 Å². The average Bonchev–Trinajstić information content (AvgIpc) is 2.48. The van der Waals surface area contributed by atoms with Crippen molar-refractivity contribution >= 4 is 0 Å². The normalized spacial score (nSPS) is 26.9. The molecule has 1 heterocycles. The molecule has 0 amide bonds. The van der Waals surface area contributed by atoms with E-state index in [1.165, 1.54) is 57.1 Å². The molecule has 21 heavy (non-hydrogen) atoms. The van der Waals surface area contributed by atoms with Crippen molar-refractivity contribution in [1.82, 2.24) is 4.90 Å². The molecule has 1 fully saturated rings. The van der Waals surface area contributed by atoms with E-state index in [0.717, 1.165) is 18.0 Å². The number of unbranched alkanes of at least 4 members (excludes halogenated alkanes) is 1. The first-order valence-electron chi connectivity index (χ1n) is 9.00. The van der Waals surface area contributed by atoms with Gasteiger partial charge in [0.25, 0.3) is 0 Å². The molecular weight excluding hydrogens is 254 g/mol. The molecule has 118 valence electrons. The summed E-state index contributed by atoms with van der Waals surface area (Å²) in [6, 6.07) is 12.5. The van der Waals surface area contributed by atoms with E-state index in [1.807, 2.05) is 0 Å². The molecule has 3 atom stereocenters. The van der Waals surface area contributed by atoms with Crippen molar-refractivity contribution in [3.8, 4) is 0 Å². The molecule has 1 nitrogen and oxygen atoms in total. The topological polar surface area (TPSA) is 3.24 Å². The van der Waals surface area contributed by atoms with Crippen molar-refractivity contribution in [2.45, 2.75) is 77.8 Å². The first kappa shape index (κ1) is 16.5. The molecule has 0 bridgehead atoms. The zero-order valence-electron chi connectivity index (χ0n) is 14.2. The van der Waals surface area contributed by atoms with Crippen LogP contribution in [-0.4, -0.2) is 23.5 Å². The number of aryl methyl sites for hydroxylation is 1. The standard InChI is InChI=1S/C20H33N/c1-4-5-13-20-16-17(2)15-18(3)21(20)14-9-12-19-10-7-6-8-11-19/h6-8,10-11,17-18,20H,4-5,9,12-16H2,1-3H3. The van der Waals surface area contributed by atoms with Gasteiger partial charge in [-0.2, -0.15) is 0 Å². The number of rotatable bonds is 7. The molecule has 0 saturated carbocycles. The van der Waals surface area contributed by atoms with Crippen LogP contribution < -0.4 is 0 Å². The average molecular weight is 287 g/mol. The summed E-state index contributed by atoms with van der Waals surface area (Å²) in [6.45, 7) is 8.47. The van der Waals surface area contributed by atoms with Crippen molar-refractivity contribution in [3.63, 3.8) is 0 Å². The van der Waals surface area contributed by atoms with Gasteiger partial charge in [0.15, 0.2) is 0 Å². The highest BCUT2D eigenvalue weighted by Crippen LogP contribution is 2.30. The molecular formula is C20H33N. The Balaban J connectivity index is 1.85. The van der Waals surface area contributed by atoms with Crippen LogP contribution in [-0.2, 0) is 6.42 Å². The Morgan fingerprint density at radius 1 is 1.05 bits per heavy atom. The summed E-state index contributed by atoms with van der Waals surface area (Å²) in [5.74, 6) is 0.909. The number of benzene rings is 1. The van der Waals surface area contributed by atoms with Crippen molar-refractivity contribution in [3.05, 3.63) is 35.9 Å². The summed E-state index contributed by atoms with van der Waals surface area (Å²) in [5.41, 5.74) is 1.49. The van der Waals surface area contributed by atoms with Crippen LogP contribution in [0.1, 0.15) is 64.9 Å². The second-order valence-corrected chi connectivity index (χ2v) is 7.05. The molecule has 0 radical (unpaired) electrons. The Labute approximate surface area is 131 Å². The van der Waals surface area contributed by atoms with Gasteiger partial charge >= 0.3 is 0 Å². The van der Waals surface area contributed by atoms with E-state index < -0.39 is 0 Å². The van der Waals surface area contributed by atoms with Crippen LogP contribution in [0, 0.1) is 5.92 Å². The van der Waals surface area contributed by atoms with E-state index >= 15 is 0 Å². The number of likely N-dealkylation sites (tertiary alicyclic amines) is 1. The molecule has 0 spiro atoms. The molecule has 1 aromatic carbocycles. The molecule has 3 unspecified atom stereocenters. The first-order chi connectivity index (χ1) is 10.2.